The van der Waals surface area contributed by atoms with Crippen molar-refractivity contribution in [3.05, 3.63) is 59.5 Å². The van der Waals surface area contributed by atoms with E-state index in [2.05, 4.69) is 25.7 Å². The molecule has 2 aromatic heterocycles. The third-order valence-electron chi connectivity index (χ3n) is 3.66. The van der Waals surface area contributed by atoms with Gasteiger partial charge in [0.05, 0.1) is 43.9 Å². The molecule has 0 fully saturated rings. The molecule has 0 bridgehead atoms. The van der Waals surface area contributed by atoms with E-state index in [1.54, 1.807) is 17.1 Å². The molecule has 136 valence electrons. The molecule has 0 spiro atoms. The molecule has 8 nitrogen and oxygen atoms in total. The van der Waals surface area contributed by atoms with E-state index in [4.69, 9.17) is 16.7 Å². The molecule has 0 saturated heterocycles. The summed E-state index contributed by atoms with van der Waals surface area (Å²) in [5, 5.41) is 29.3. The number of rotatable bonds is 8. The van der Waals surface area contributed by atoms with Crippen LogP contribution in [0.25, 0.3) is 0 Å². The number of hydrogen-bond donors (Lipinski definition) is 4. The van der Waals surface area contributed by atoms with Gasteiger partial charge in [-0.15, -0.1) is 0 Å². The van der Waals surface area contributed by atoms with Crippen LogP contribution in [0.4, 0.5) is 17.5 Å². The van der Waals surface area contributed by atoms with E-state index in [-0.39, 0.29) is 19.3 Å². The first-order valence-electron chi connectivity index (χ1n) is 8.05. The number of aliphatic hydroxyl groups is 2. The summed E-state index contributed by atoms with van der Waals surface area (Å²) in [6.07, 6.45) is 4.83. The maximum absolute atomic E-state index is 9.69. The largest absolute Gasteiger partial charge is 0.394 e. The van der Waals surface area contributed by atoms with E-state index in [0.29, 0.717) is 29.0 Å². The quantitative estimate of drug-likeness (QED) is 0.478. The summed E-state index contributed by atoms with van der Waals surface area (Å²) in [7, 11) is 0. The van der Waals surface area contributed by atoms with E-state index in [9.17, 15) is 5.11 Å². The fourth-order valence-electron chi connectivity index (χ4n) is 2.40. The van der Waals surface area contributed by atoms with Gasteiger partial charge in [0.15, 0.2) is 5.82 Å². The summed E-state index contributed by atoms with van der Waals surface area (Å²) < 4.78 is 1.61. The highest BCUT2D eigenvalue weighted by Crippen LogP contribution is 2.25. The molecule has 4 N–H and O–H groups in total. The average molecular weight is 375 g/mol. The summed E-state index contributed by atoms with van der Waals surface area (Å²) in [6, 6.07) is 9.20. The maximum Gasteiger partial charge on any atom is 0.229 e. The van der Waals surface area contributed by atoms with E-state index < -0.39 is 0 Å². The minimum absolute atomic E-state index is 0.00860. The van der Waals surface area contributed by atoms with Gasteiger partial charge in [-0.3, -0.25) is 4.68 Å². The zero-order chi connectivity index (χ0) is 18.4. The highest BCUT2D eigenvalue weighted by Gasteiger charge is 2.14. The molecule has 2 heterocycles. The molecular formula is C17H19ClN6O2. The van der Waals surface area contributed by atoms with Gasteiger partial charge in [0.25, 0.3) is 0 Å². The summed E-state index contributed by atoms with van der Waals surface area (Å²) in [5.41, 5.74) is 1.61. The highest BCUT2D eigenvalue weighted by molar-refractivity contribution is 6.32. The number of aliphatic hydroxyl groups excluding tert-OH is 2. The third-order valence-corrected chi connectivity index (χ3v) is 3.93. The van der Waals surface area contributed by atoms with Crippen LogP contribution in [-0.4, -0.2) is 43.2 Å². The van der Waals surface area contributed by atoms with Crippen LogP contribution in [-0.2, 0) is 6.54 Å². The van der Waals surface area contributed by atoms with E-state index in [1.807, 2.05) is 30.3 Å². The van der Waals surface area contributed by atoms with Crippen LogP contribution in [0.2, 0.25) is 5.02 Å². The first-order chi connectivity index (χ1) is 12.7. The first-order valence-corrected chi connectivity index (χ1v) is 8.42. The lowest BCUT2D eigenvalue weighted by atomic mass is 10.1. The molecule has 3 rings (SSSR count). The first kappa shape index (κ1) is 18.1. The van der Waals surface area contributed by atoms with Crippen molar-refractivity contribution in [2.45, 2.75) is 12.6 Å². The Morgan fingerprint density at radius 1 is 1.15 bits per heavy atom. The van der Waals surface area contributed by atoms with Gasteiger partial charge in [0.1, 0.15) is 5.02 Å². The Kier molecular flexibility index (Phi) is 6.00. The van der Waals surface area contributed by atoms with Crippen LogP contribution < -0.4 is 10.6 Å². The van der Waals surface area contributed by atoms with Crippen molar-refractivity contribution in [3.63, 3.8) is 0 Å². The summed E-state index contributed by atoms with van der Waals surface area (Å²) >= 11 is 6.19. The summed E-state index contributed by atoms with van der Waals surface area (Å²) in [5.74, 6) is 0.750. The van der Waals surface area contributed by atoms with Gasteiger partial charge in [-0.05, 0) is 5.56 Å². The predicted molar refractivity (Wildman–Crippen MR) is 99.5 cm³/mol. The minimum Gasteiger partial charge on any atom is -0.394 e. The molecule has 3 aromatic rings. The Hall–Kier alpha value is -2.68. The van der Waals surface area contributed by atoms with Crippen molar-refractivity contribution < 1.29 is 10.2 Å². The molecule has 0 amide bonds. The topological polar surface area (TPSA) is 108 Å². The molecule has 9 heteroatoms. The molecule has 26 heavy (non-hydrogen) atoms. The van der Waals surface area contributed by atoms with Gasteiger partial charge >= 0.3 is 0 Å². The van der Waals surface area contributed by atoms with Gasteiger partial charge in [-0.2, -0.15) is 10.1 Å². The normalized spacial score (nSPS) is 12.0. The van der Waals surface area contributed by atoms with Crippen LogP contribution >= 0.6 is 11.6 Å². The molecule has 0 aliphatic carbocycles. The van der Waals surface area contributed by atoms with Crippen molar-refractivity contribution in [3.8, 4) is 0 Å². The number of halogens is 1. The Morgan fingerprint density at radius 3 is 2.69 bits per heavy atom. The SMILES string of the molecule is OCCn1cc(Nc2ncc(Cl)c(N[C@@H](CO)c3ccccc3)n2)cn1. The van der Waals surface area contributed by atoms with E-state index >= 15 is 0 Å². The molecule has 0 radical (unpaired) electrons. The van der Waals surface area contributed by atoms with Gasteiger partial charge < -0.3 is 20.8 Å². The van der Waals surface area contributed by atoms with Crippen LogP contribution in [0.1, 0.15) is 11.6 Å². The van der Waals surface area contributed by atoms with Crippen molar-refractivity contribution in [1.82, 2.24) is 19.7 Å². The zero-order valence-electron chi connectivity index (χ0n) is 13.9. The fourth-order valence-corrected chi connectivity index (χ4v) is 2.54. The molecule has 0 unspecified atom stereocenters. The number of nitrogens with zero attached hydrogens (tertiary/aromatic N) is 4. The van der Waals surface area contributed by atoms with Gasteiger partial charge in [-0.1, -0.05) is 41.9 Å². The number of hydrogen-bond acceptors (Lipinski definition) is 7. The molecule has 0 aliphatic rings. The second kappa shape index (κ2) is 8.61. The van der Waals surface area contributed by atoms with Crippen LogP contribution in [0.5, 0.6) is 0 Å². The second-order valence-corrected chi connectivity index (χ2v) is 5.93. The van der Waals surface area contributed by atoms with Crippen molar-refractivity contribution in [2.24, 2.45) is 0 Å². The Bertz CT molecular complexity index is 842. The van der Waals surface area contributed by atoms with Gasteiger partial charge in [-0.25, -0.2) is 4.98 Å². The number of nitrogens with one attached hydrogen (secondary N) is 2. The number of benzene rings is 1. The van der Waals surface area contributed by atoms with Crippen LogP contribution in [0, 0.1) is 0 Å². The van der Waals surface area contributed by atoms with Gasteiger partial charge in [0, 0.05) is 6.20 Å². The van der Waals surface area contributed by atoms with E-state index in [0.717, 1.165) is 5.56 Å². The minimum atomic E-state index is -0.344. The van der Waals surface area contributed by atoms with Gasteiger partial charge in [0.2, 0.25) is 5.95 Å². The standard InChI is InChI=1S/C17H19ClN6O2/c18-14-9-19-17(21-13-8-20-24(10-13)6-7-25)23-16(14)22-15(11-26)12-4-2-1-3-5-12/h1-5,8-10,15,25-26H,6-7,11H2,(H2,19,21,22,23)/t15-/m0/s1. The average Bonchev–Trinajstić information content (AvgIpc) is 3.10. The maximum atomic E-state index is 9.69. The third kappa shape index (κ3) is 4.48. The fraction of sp³-hybridized carbons (Fsp3) is 0.235. The monoisotopic (exact) mass is 374 g/mol. The van der Waals surface area contributed by atoms with Crippen molar-refractivity contribution in [2.75, 3.05) is 23.8 Å². The lowest BCUT2D eigenvalue weighted by molar-refractivity contribution is 0.269. The molecule has 1 atom stereocenters. The smallest absolute Gasteiger partial charge is 0.229 e. The second-order valence-electron chi connectivity index (χ2n) is 5.52. The van der Waals surface area contributed by atoms with Crippen LogP contribution in [0.15, 0.2) is 48.9 Å². The van der Waals surface area contributed by atoms with Crippen molar-refractivity contribution in [1.29, 1.82) is 0 Å². The summed E-state index contributed by atoms with van der Waals surface area (Å²) in [4.78, 5) is 8.53. The number of anilines is 3. The summed E-state index contributed by atoms with van der Waals surface area (Å²) in [6.45, 7) is 0.306. The lowest BCUT2D eigenvalue weighted by Gasteiger charge is -2.18. The Morgan fingerprint density at radius 2 is 1.96 bits per heavy atom. The zero-order valence-corrected chi connectivity index (χ0v) is 14.6. The predicted octanol–water partition coefficient (Wildman–Crippen LogP) is 2.21. The highest BCUT2D eigenvalue weighted by atomic mass is 35.5. The Labute approximate surface area is 155 Å². The Balaban J connectivity index is 1.76. The molecule has 0 aliphatic heterocycles. The van der Waals surface area contributed by atoms with E-state index in [1.165, 1.54) is 6.20 Å². The number of aromatic nitrogens is 4. The lowest BCUT2D eigenvalue weighted by Crippen LogP contribution is -2.16. The molecule has 1 aromatic carbocycles. The molecular weight excluding hydrogens is 356 g/mol. The molecule has 0 saturated carbocycles. The van der Waals surface area contributed by atoms with Crippen LogP contribution in [0.3, 0.4) is 0 Å². The van der Waals surface area contributed by atoms with Crippen molar-refractivity contribution >= 4 is 29.1 Å².